The number of fused-ring (bicyclic) bond motifs is 1. The molecular formula is C29H28N2O8. The van der Waals surface area contributed by atoms with Gasteiger partial charge in [0.2, 0.25) is 11.3 Å². The Kier molecular flexibility index (Phi) is 8.04. The third-order valence-electron chi connectivity index (χ3n) is 6.18. The van der Waals surface area contributed by atoms with Crippen LogP contribution in [0, 0.1) is 0 Å². The van der Waals surface area contributed by atoms with Gasteiger partial charge in [0.05, 0.1) is 57.7 Å². The molecule has 1 aromatic heterocycles. The van der Waals surface area contributed by atoms with E-state index in [1.165, 1.54) is 52.4 Å². The lowest BCUT2D eigenvalue weighted by molar-refractivity contribution is -0.116. The number of methoxy groups -OCH3 is 5. The Morgan fingerprint density at radius 2 is 1.36 bits per heavy atom. The first-order valence-corrected chi connectivity index (χ1v) is 11.8. The van der Waals surface area contributed by atoms with Gasteiger partial charge in [-0.05, 0) is 42.5 Å². The van der Waals surface area contributed by atoms with Crippen LogP contribution in [0.4, 0.5) is 5.69 Å². The van der Waals surface area contributed by atoms with Gasteiger partial charge >= 0.3 is 0 Å². The number of hydrogen-bond acceptors (Lipinski definition) is 8. The predicted octanol–water partition coefficient (Wildman–Crippen LogP) is 3.91. The number of ether oxygens (including phenoxy) is 5. The highest BCUT2D eigenvalue weighted by Gasteiger charge is 2.21. The van der Waals surface area contributed by atoms with Crippen molar-refractivity contribution in [3.8, 4) is 28.7 Å². The van der Waals surface area contributed by atoms with Crippen LogP contribution in [0.5, 0.6) is 28.7 Å². The van der Waals surface area contributed by atoms with E-state index in [0.29, 0.717) is 45.5 Å². The molecule has 0 bridgehead atoms. The number of benzene rings is 3. The van der Waals surface area contributed by atoms with Gasteiger partial charge in [-0.1, -0.05) is 0 Å². The van der Waals surface area contributed by atoms with Crippen molar-refractivity contribution in [1.29, 1.82) is 0 Å². The van der Waals surface area contributed by atoms with Gasteiger partial charge in [0.15, 0.2) is 17.3 Å². The summed E-state index contributed by atoms with van der Waals surface area (Å²) >= 11 is 0. The van der Waals surface area contributed by atoms with Gasteiger partial charge in [-0.3, -0.25) is 14.4 Å². The summed E-state index contributed by atoms with van der Waals surface area (Å²) in [5, 5.41) is 3.01. The number of nitrogens with one attached hydrogen (secondary N) is 1. The predicted molar refractivity (Wildman–Crippen MR) is 146 cm³/mol. The average Bonchev–Trinajstić information content (AvgIpc) is 2.97. The number of amides is 1. The zero-order valence-corrected chi connectivity index (χ0v) is 22.2. The minimum Gasteiger partial charge on any atom is -0.497 e. The van der Waals surface area contributed by atoms with Crippen molar-refractivity contribution in [2.24, 2.45) is 0 Å². The maximum absolute atomic E-state index is 13.5. The number of ketones is 1. The van der Waals surface area contributed by atoms with Gasteiger partial charge < -0.3 is 33.6 Å². The molecule has 1 N–H and O–H groups in total. The summed E-state index contributed by atoms with van der Waals surface area (Å²) in [6.07, 6.45) is 1.38. The Balaban J connectivity index is 1.80. The Morgan fingerprint density at radius 3 is 1.97 bits per heavy atom. The summed E-state index contributed by atoms with van der Waals surface area (Å²) in [6, 6.07) is 14.5. The topological polar surface area (TPSA) is 114 Å². The number of hydrogen-bond donors (Lipinski definition) is 1. The molecule has 0 spiro atoms. The van der Waals surface area contributed by atoms with Crippen molar-refractivity contribution in [1.82, 2.24) is 4.57 Å². The molecule has 0 radical (unpaired) electrons. The largest absolute Gasteiger partial charge is 0.497 e. The number of rotatable bonds is 10. The van der Waals surface area contributed by atoms with Crippen LogP contribution in [0.1, 0.15) is 15.9 Å². The molecule has 0 saturated heterocycles. The van der Waals surface area contributed by atoms with Crippen LogP contribution >= 0.6 is 0 Å². The minimum atomic E-state index is -0.500. The summed E-state index contributed by atoms with van der Waals surface area (Å²) in [7, 11) is 7.45. The molecule has 0 atom stereocenters. The molecule has 0 unspecified atom stereocenters. The number of anilines is 1. The highest BCUT2D eigenvalue weighted by Crippen LogP contribution is 2.32. The summed E-state index contributed by atoms with van der Waals surface area (Å²) in [4.78, 5) is 40.1. The van der Waals surface area contributed by atoms with Crippen LogP contribution < -0.4 is 34.4 Å². The van der Waals surface area contributed by atoms with E-state index in [1.54, 1.807) is 48.5 Å². The fraction of sp³-hybridized carbons (Fsp3) is 0.207. The van der Waals surface area contributed by atoms with Crippen LogP contribution in [0.15, 0.2) is 65.6 Å². The Hall–Kier alpha value is -4.99. The normalized spacial score (nSPS) is 10.6. The molecule has 10 heteroatoms. The first kappa shape index (κ1) is 27.1. The third kappa shape index (κ3) is 5.49. The van der Waals surface area contributed by atoms with Gasteiger partial charge in [-0.25, -0.2) is 0 Å². The molecule has 0 aliphatic rings. The first-order valence-electron chi connectivity index (χ1n) is 11.8. The average molecular weight is 533 g/mol. The summed E-state index contributed by atoms with van der Waals surface area (Å²) < 4.78 is 28.1. The van der Waals surface area contributed by atoms with Gasteiger partial charge in [-0.15, -0.1) is 0 Å². The van der Waals surface area contributed by atoms with Crippen LogP contribution in [-0.4, -0.2) is 51.8 Å². The zero-order valence-electron chi connectivity index (χ0n) is 22.2. The number of pyridine rings is 1. The van der Waals surface area contributed by atoms with Crippen molar-refractivity contribution >= 4 is 28.3 Å². The van der Waals surface area contributed by atoms with Gasteiger partial charge in [0.25, 0.3) is 0 Å². The second kappa shape index (κ2) is 11.6. The van der Waals surface area contributed by atoms with Gasteiger partial charge in [-0.2, -0.15) is 0 Å². The second-order valence-electron chi connectivity index (χ2n) is 8.40. The molecule has 3 aromatic carbocycles. The van der Waals surface area contributed by atoms with Crippen molar-refractivity contribution in [2.45, 2.75) is 6.54 Å². The fourth-order valence-corrected chi connectivity index (χ4v) is 4.15. The molecule has 10 nitrogen and oxygen atoms in total. The van der Waals surface area contributed by atoms with E-state index in [2.05, 4.69) is 5.32 Å². The quantitative estimate of drug-likeness (QED) is 0.306. The number of aromatic nitrogens is 1. The highest BCUT2D eigenvalue weighted by atomic mass is 16.5. The lowest BCUT2D eigenvalue weighted by atomic mass is 10.0. The molecule has 4 rings (SSSR count). The van der Waals surface area contributed by atoms with Crippen molar-refractivity contribution in [3.63, 3.8) is 0 Å². The molecular weight excluding hydrogens is 504 g/mol. The molecule has 202 valence electrons. The molecule has 0 saturated carbocycles. The fourth-order valence-electron chi connectivity index (χ4n) is 4.15. The summed E-state index contributed by atoms with van der Waals surface area (Å²) in [5.41, 5.74) is 0.518. The van der Waals surface area contributed by atoms with Gasteiger partial charge in [0, 0.05) is 23.9 Å². The van der Waals surface area contributed by atoms with E-state index in [4.69, 9.17) is 23.7 Å². The molecule has 0 aliphatic carbocycles. The van der Waals surface area contributed by atoms with Crippen LogP contribution in [0.25, 0.3) is 10.9 Å². The minimum absolute atomic E-state index is 0.102. The van der Waals surface area contributed by atoms with Gasteiger partial charge in [0.1, 0.15) is 23.8 Å². The highest BCUT2D eigenvalue weighted by molar-refractivity contribution is 6.10. The standard InChI is InChI=1S/C29H28N2O8/c1-35-18-8-6-17(7-9-18)28(33)21-15-31(23-14-26(39-5)25(38-4)13-20(23)29(21)34)16-27(32)30-22-11-10-19(36-2)12-24(22)37-3/h6-15H,16H2,1-5H3,(H,30,32). The van der Waals surface area contributed by atoms with E-state index < -0.39 is 17.1 Å². The monoisotopic (exact) mass is 532 g/mol. The maximum atomic E-state index is 13.5. The lowest BCUT2D eigenvalue weighted by Gasteiger charge is -2.17. The number of carbonyl (C=O) groups excluding carboxylic acids is 2. The van der Waals surface area contributed by atoms with E-state index in [0.717, 1.165) is 0 Å². The van der Waals surface area contributed by atoms with E-state index in [-0.39, 0.29) is 17.5 Å². The van der Waals surface area contributed by atoms with Crippen molar-refractivity contribution < 1.29 is 33.3 Å². The van der Waals surface area contributed by atoms with Crippen LogP contribution in [0.2, 0.25) is 0 Å². The van der Waals surface area contributed by atoms with E-state index >= 15 is 0 Å². The molecule has 0 aliphatic heterocycles. The zero-order chi connectivity index (χ0) is 28.1. The smallest absolute Gasteiger partial charge is 0.244 e. The molecule has 39 heavy (non-hydrogen) atoms. The molecule has 0 fully saturated rings. The molecule has 1 heterocycles. The molecule has 4 aromatic rings. The van der Waals surface area contributed by atoms with E-state index in [9.17, 15) is 14.4 Å². The van der Waals surface area contributed by atoms with Crippen LogP contribution in [0.3, 0.4) is 0 Å². The maximum Gasteiger partial charge on any atom is 0.244 e. The first-order chi connectivity index (χ1) is 18.8. The molecule has 1 amide bonds. The Morgan fingerprint density at radius 1 is 0.744 bits per heavy atom. The van der Waals surface area contributed by atoms with Crippen molar-refractivity contribution in [2.75, 3.05) is 40.9 Å². The lowest BCUT2D eigenvalue weighted by Crippen LogP contribution is -2.24. The van der Waals surface area contributed by atoms with Crippen LogP contribution in [-0.2, 0) is 11.3 Å². The SMILES string of the molecule is COc1ccc(C(=O)c2cn(CC(=O)Nc3ccc(OC)cc3OC)c3cc(OC)c(OC)cc3c2=O)cc1. The second-order valence-corrected chi connectivity index (χ2v) is 8.40. The Bertz CT molecular complexity index is 1590. The number of nitrogens with zero attached hydrogens (tertiary/aromatic N) is 1. The third-order valence-corrected chi connectivity index (χ3v) is 6.18. The Labute approximate surface area is 224 Å². The number of carbonyl (C=O) groups is 2. The van der Waals surface area contributed by atoms with E-state index in [1.807, 2.05) is 0 Å². The summed E-state index contributed by atoms with van der Waals surface area (Å²) in [5.74, 6) is 1.32. The van der Waals surface area contributed by atoms with Crippen molar-refractivity contribution in [3.05, 3.63) is 82.1 Å². The summed E-state index contributed by atoms with van der Waals surface area (Å²) in [6.45, 7) is -0.218.